The minimum absolute atomic E-state index is 0.101. The molecule has 1 aliphatic heterocycles. The maximum absolute atomic E-state index is 12.0. The highest BCUT2D eigenvalue weighted by Gasteiger charge is 2.29. The predicted molar refractivity (Wildman–Crippen MR) is 113 cm³/mol. The largest absolute Gasteiger partial charge is 0.491 e. The Morgan fingerprint density at radius 3 is 2.58 bits per heavy atom. The molecule has 3 atom stereocenters. The summed E-state index contributed by atoms with van der Waals surface area (Å²) in [7, 11) is 0. The fourth-order valence-corrected chi connectivity index (χ4v) is 3.75. The Kier molecular flexibility index (Phi) is 9.04. The molecule has 3 rings (SSSR count). The normalized spacial score (nSPS) is 21.4. The van der Waals surface area contributed by atoms with Crippen LogP contribution in [0.5, 0.6) is 5.75 Å². The molecule has 0 aromatic heterocycles. The van der Waals surface area contributed by atoms with E-state index in [0.717, 1.165) is 16.7 Å². The highest BCUT2D eigenvalue weighted by molar-refractivity contribution is 6.31. The maximum atomic E-state index is 12.0. The first-order valence-electron chi connectivity index (χ1n) is 10.2. The van der Waals surface area contributed by atoms with Crippen LogP contribution in [-0.2, 0) is 15.9 Å². The van der Waals surface area contributed by atoms with Crippen LogP contribution in [-0.4, -0.2) is 55.3 Å². The van der Waals surface area contributed by atoms with Crippen molar-refractivity contribution < 1.29 is 33.2 Å². The molecule has 0 saturated carbocycles. The average Bonchev–Trinajstić information content (AvgIpc) is 2.75. The van der Waals surface area contributed by atoms with Crippen LogP contribution in [0.1, 0.15) is 35.6 Å². The van der Waals surface area contributed by atoms with Crippen molar-refractivity contribution in [3.05, 3.63) is 64.2 Å². The molecule has 0 amide bonds. The first-order valence-corrected chi connectivity index (χ1v) is 10.6. The molecule has 0 spiro atoms. The molecule has 1 aliphatic rings. The van der Waals surface area contributed by atoms with Crippen molar-refractivity contribution in [2.24, 2.45) is 0 Å². The topological polar surface area (TPSA) is 68.2 Å². The molecule has 0 radical (unpaired) electrons. The molecule has 2 N–H and O–H groups in total. The molecule has 1 heterocycles. The van der Waals surface area contributed by atoms with Gasteiger partial charge >= 0.3 is 0 Å². The van der Waals surface area contributed by atoms with E-state index in [0.29, 0.717) is 30.0 Å². The molecule has 170 valence electrons. The van der Waals surface area contributed by atoms with Crippen molar-refractivity contribution in [1.29, 1.82) is 0 Å². The Balaban J connectivity index is 1.59. The Morgan fingerprint density at radius 2 is 1.87 bits per heavy atom. The first-order chi connectivity index (χ1) is 14.9. The summed E-state index contributed by atoms with van der Waals surface area (Å²) in [6, 6.07) is 13.1. The van der Waals surface area contributed by atoms with E-state index in [1.54, 1.807) is 0 Å². The summed E-state index contributed by atoms with van der Waals surface area (Å²) in [6.45, 7) is -0.417. The number of rotatable bonds is 10. The molecule has 31 heavy (non-hydrogen) atoms. The van der Waals surface area contributed by atoms with Crippen LogP contribution in [0.2, 0.25) is 5.02 Å². The lowest BCUT2D eigenvalue weighted by molar-refractivity contribution is -0.113. The molecule has 1 fully saturated rings. The smallest absolute Gasteiger partial charge is 0.261 e. The number of aliphatic hydroxyl groups is 2. The van der Waals surface area contributed by atoms with Gasteiger partial charge in [-0.1, -0.05) is 35.9 Å². The average molecular weight is 457 g/mol. The molecular weight excluding hydrogens is 430 g/mol. The minimum atomic E-state index is -2.48. The van der Waals surface area contributed by atoms with Crippen molar-refractivity contribution in [3.8, 4) is 5.75 Å². The Bertz CT molecular complexity index is 818. The van der Waals surface area contributed by atoms with E-state index in [1.807, 2.05) is 42.5 Å². The van der Waals surface area contributed by atoms with Gasteiger partial charge in [0.05, 0.1) is 31.5 Å². The van der Waals surface area contributed by atoms with Gasteiger partial charge in [0.25, 0.3) is 6.43 Å². The Morgan fingerprint density at radius 1 is 1.10 bits per heavy atom. The summed E-state index contributed by atoms with van der Waals surface area (Å²) in [5.74, 6) is 0.629. The molecule has 2 aromatic rings. The minimum Gasteiger partial charge on any atom is -0.491 e. The zero-order valence-corrected chi connectivity index (χ0v) is 17.8. The Labute approximate surface area is 185 Å². The van der Waals surface area contributed by atoms with Crippen molar-refractivity contribution in [2.75, 3.05) is 26.4 Å². The van der Waals surface area contributed by atoms with Crippen LogP contribution in [0, 0.1) is 0 Å². The number of halogens is 3. The van der Waals surface area contributed by atoms with E-state index in [4.69, 9.17) is 25.8 Å². The summed E-state index contributed by atoms with van der Waals surface area (Å²) in [4.78, 5) is 0. The third-order valence-electron chi connectivity index (χ3n) is 5.08. The number of ether oxygens (including phenoxy) is 3. The van der Waals surface area contributed by atoms with Gasteiger partial charge in [-0.3, -0.25) is 0 Å². The molecule has 2 unspecified atom stereocenters. The van der Waals surface area contributed by atoms with E-state index in [1.165, 1.54) is 0 Å². The van der Waals surface area contributed by atoms with Crippen LogP contribution in [0.3, 0.4) is 0 Å². The van der Waals surface area contributed by atoms with Gasteiger partial charge in [-0.15, -0.1) is 0 Å². The third-order valence-corrected chi connectivity index (χ3v) is 5.45. The summed E-state index contributed by atoms with van der Waals surface area (Å²) in [5.41, 5.74) is 2.87. The second-order valence-electron chi connectivity index (χ2n) is 7.54. The fraction of sp³-hybridized carbons (Fsp3) is 0.478. The summed E-state index contributed by atoms with van der Waals surface area (Å²) >= 11 is 6.40. The summed E-state index contributed by atoms with van der Waals surface area (Å²) in [5, 5.41) is 20.1. The standard InChI is InChI=1S/C23H27ClF2O5/c24-21-6-3-16(22-12-18(28)11-20(13-27)31-22)10-17(21)9-15-1-4-19(5-2-15)30-8-7-29-14-23(25)26/h1-6,10,18,20,22-23,27-28H,7-9,11-14H2/t18?,20-,22?/m0/s1. The van der Waals surface area contributed by atoms with Crippen LogP contribution < -0.4 is 4.74 Å². The van der Waals surface area contributed by atoms with Gasteiger partial charge in [0, 0.05) is 17.9 Å². The van der Waals surface area contributed by atoms with Gasteiger partial charge in [-0.25, -0.2) is 8.78 Å². The molecule has 0 aliphatic carbocycles. The van der Waals surface area contributed by atoms with E-state index < -0.39 is 19.1 Å². The maximum Gasteiger partial charge on any atom is 0.261 e. The van der Waals surface area contributed by atoms with Gasteiger partial charge in [-0.2, -0.15) is 0 Å². The number of hydrogen-bond acceptors (Lipinski definition) is 5. The van der Waals surface area contributed by atoms with Crippen LogP contribution >= 0.6 is 11.6 Å². The molecule has 2 aromatic carbocycles. The van der Waals surface area contributed by atoms with E-state index in [9.17, 15) is 19.0 Å². The third kappa shape index (κ3) is 7.40. The molecule has 5 nitrogen and oxygen atoms in total. The molecule has 1 saturated heterocycles. The number of hydrogen-bond donors (Lipinski definition) is 2. The molecule has 8 heteroatoms. The van der Waals surface area contributed by atoms with Crippen molar-refractivity contribution in [3.63, 3.8) is 0 Å². The quantitative estimate of drug-likeness (QED) is 0.525. The zero-order chi connectivity index (χ0) is 22.2. The van der Waals surface area contributed by atoms with Crippen molar-refractivity contribution >= 4 is 11.6 Å². The van der Waals surface area contributed by atoms with Crippen molar-refractivity contribution in [1.82, 2.24) is 0 Å². The number of aliphatic hydroxyl groups excluding tert-OH is 2. The molecule has 0 bridgehead atoms. The summed E-state index contributed by atoms with van der Waals surface area (Å²) < 4.78 is 40.2. The highest BCUT2D eigenvalue weighted by atomic mass is 35.5. The van der Waals surface area contributed by atoms with Crippen LogP contribution in [0.4, 0.5) is 8.78 Å². The lowest BCUT2D eigenvalue weighted by Crippen LogP contribution is -2.33. The van der Waals surface area contributed by atoms with Gasteiger partial charge < -0.3 is 24.4 Å². The first kappa shape index (κ1) is 23.9. The Hall–Kier alpha value is -1.77. The predicted octanol–water partition coefficient (Wildman–Crippen LogP) is 4.16. The lowest BCUT2D eigenvalue weighted by atomic mass is 9.94. The van der Waals surface area contributed by atoms with Crippen LogP contribution in [0.25, 0.3) is 0 Å². The van der Waals surface area contributed by atoms with E-state index in [2.05, 4.69) is 0 Å². The monoisotopic (exact) mass is 456 g/mol. The van der Waals surface area contributed by atoms with Crippen molar-refractivity contribution in [2.45, 2.75) is 44.0 Å². The second-order valence-corrected chi connectivity index (χ2v) is 7.95. The van der Waals surface area contributed by atoms with Gasteiger partial charge in [0.15, 0.2) is 0 Å². The van der Waals surface area contributed by atoms with Gasteiger partial charge in [0.2, 0.25) is 0 Å². The zero-order valence-electron chi connectivity index (χ0n) is 17.1. The highest BCUT2D eigenvalue weighted by Crippen LogP contribution is 2.33. The van der Waals surface area contributed by atoms with Crippen LogP contribution in [0.15, 0.2) is 42.5 Å². The van der Waals surface area contributed by atoms with E-state index >= 15 is 0 Å². The van der Waals surface area contributed by atoms with E-state index in [-0.39, 0.29) is 32.0 Å². The van der Waals surface area contributed by atoms with Gasteiger partial charge in [0.1, 0.15) is 19.0 Å². The SMILES string of the molecule is OC[C@@H]1CC(O)CC(c2ccc(Cl)c(Cc3ccc(OCCOCC(F)F)cc3)c2)O1. The van der Waals surface area contributed by atoms with Gasteiger partial charge in [-0.05, 0) is 41.3 Å². The second kappa shape index (κ2) is 11.7. The summed E-state index contributed by atoms with van der Waals surface area (Å²) in [6.07, 6.45) is -2.14. The fourth-order valence-electron chi connectivity index (χ4n) is 3.57. The lowest BCUT2D eigenvalue weighted by Gasteiger charge is -2.32. The number of benzene rings is 2. The number of alkyl halides is 2. The molecular formula is C23H27ClF2O5.